The number of nitrogen functional groups attached to an aromatic ring is 1. The number of hydrogen-bond donors (Lipinski definition) is 2. The Bertz CT molecular complexity index is 1050. The summed E-state index contributed by atoms with van der Waals surface area (Å²) in [5, 5.41) is 14.9. The van der Waals surface area contributed by atoms with Gasteiger partial charge in [0, 0.05) is 48.3 Å². The van der Waals surface area contributed by atoms with Gasteiger partial charge in [-0.3, -0.25) is 9.63 Å². The molecule has 9 nitrogen and oxygen atoms in total. The van der Waals surface area contributed by atoms with Crippen LogP contribution in [0.5, 0.6) is 0 Å². The maximum absolute atomic E-state index is 12.5. The molecule has 1 aromatic heterocycles. The van der Waals surface area contributed by atoms with E-state index in [4.69, 9.17) is 22.2 Å². The summed E-state index contributed by atoms with van der Waals surface area (Å²) in [7, 11) is 0. The van der Waals surface area contributed by atoms with Crippen LogP contribution >= 0.6 is 11.6 Å². The van der Waals surface area contributed by atoms with Crippen LogP contribution in [0.1, 0.15) is 32.1 Å². The highest BCUT2D eigenvalue weighted by Gasteiger charge is 2.28. The van der Waals surface area contributed by atoms with E-state index in [0.29, 0.717) is 55.6 Å². The van der Waals surface area contributed by atoms with Crippen molar-refractivity contribution in [2.45, 2.75) is 32.1 Å². The van der Waals surface area contributed by atoms with E-state index < -0.39 is 18.0 Å². The molecule has 10 heteroatoms. The molecule has 2 aliphatic rings. The summed E-state index contributed by atoms with van der Waals surface area (Å²) < 4.78 is 0. The zero-order valence-electron chi connectivity index (χ0n) is 17.7. The van der Waals surface area contributed by atoms with Crippen LogP contribution < -0.4 is 10.6 Å². The first-order valence-electron chi connectivity index (χ1n) is 10.8. The monoisotopic (exact) mass is 459 g/mol. The summed E-state index contributed by atoms with van der Waals surface area (Å²) in [6, 6.07) is 7.34. The standard InChI is InChI=1S/C22H26ClN5O4/c23-14-6-7-15-18(12-14)25-20(24)13-19(15)27-8-10-28(11-9-27)22(31)32-26-17-5-3-1-2-4-16(17)21(29)30/h6-7,12-13,16H,1-5,8-11H2,(H2,24,25)(H,29,30)/b26-17-. The quantitative estimate of drug-likeness (QED) is 0.407. The van der Waals surface area contributed by atoms with Crippen LogP contribution in [0.3, 0.4) is 0 Å². The molecule has 0 radical (unpaired) electrons. The number of carbonyl (C=O) groups excluding carboxylic acids is 1. The van der Waals surface area contributed by atoms with Gasteiger partial charge in [0.1, 0.15) is 5.82 Å². The van der Waals surface area contributed by atoms with Gasteiger partial charge in [0.2, 0.25) is 0 Å². The second-order valence-corrected chi connectivity index (χ2v) is 8.57. The number of piperazine rings is 1. The second kappa shape index (κ2) is 9.60. The smallest absolute Gasteiger partial charge is 0.436 e. The topological polar surface area (TPSA) is 121 Å². The van der Waals surface area contributed by atoms with Gasteiger partial charge in [-0.1, -0.05) is 29.6 Å². The number of amides is 1. The van der Waals surface area contributed by atoms with Crippen molar-refractivity contribution in [1.29, 1.82) is 0 Å². The van der Waals surface area contributed by atoms with Crippen LogP contribution in [0, 0.1) is 5.92 Å². The molecule has 1 aliphatic carbocycles. The van der Waals surface area contributed by atoms with Gasteiger partial charge in [-0.25, -0.2) is 9.78 Å². The van der Waals surface area contributed by atoms with Gasteiger partial charge < -0.3 is 20.6 Å². The van der Waals surface area contributed by atoms with Gasteiger partial charge in [0.05, 0.1) is 17.1 Å². The summed E-state index contributed by atoms with van der Waals surface area (Å²) in [5.74, 6) is -1.19. The number of benzene rings is 1. The van der Waals surface area contributed by atoms with E-state index in [1.807, 2.05) is 18.2 Å². The third-order valence-corrected chi connectivity index (χ3v) is 6.25. The molecule has 1 saturated heterocycles. The predicted octanol–water partition coefficient (Wildman–Crippen LogP) is 3.75. The molecule has 1 amide bonds. The molecule has 1 saturated carbocycles. The van der Waals surface area contributed by atoms with E-state index in [-0.39, 0.29) is 0 Å². The largest absolute Gasteiger partial charge is 0.481 e. The van der Waals surface area contributed by atoms with E-state index in [0.717, 1.165) is 35.9 Å². The Labute approximate surface area is 190 Å². The van der Waals surface area contributed by atoms with Crippen LogP contribution in [0.25, 0.3) is 10.9 Å². The Morgan fingerprint density at radius 3 is 2.69 bits per heavy atom. The number of carboxylic acid groups (broad SMARTS) is 1. The molecule has 3 N–H and O–H groups in total. The van der Waals surface area contributed by atoms with Gasteiger partial charge >= 0.3 is 12.1 Å². The molecule has 2 heterocycles. The number of aliphatic carboxylic acids is 1. The highest BCUT2D eigenvalue weighted by Crippen LogP contribution is 2.30. The van der Waals surface area contributed by atoms with Gasteiger partial charge in [-0.2, -0.15) is 0 Å². The molecule has 1 aromatic carbocycles. The van der Waals surface area contributed by atoms with Crippen molar-refractivity contribution in [3.63, 3.8) is 0 Å². The molecular weight excluding hydrogens is 434 g/mol. The summed E-state index contributed by atoms with van der Waals surface area (Å²) in [5.41, 5.74) is 8.10. The minimum atomic E-state index is -0.916. The molecule has 1 aliphatic heterocycles. The highest BCUT2D eigenvalue weighted by molar-refractivity contribution is 6.31. The van der Waals surface area contributed by atoms with Crippen LogP contribution in [0.2, 0.25) is 5.02 Å². The lowest BCUT2D eigenvalue weighted by atomic mass is 9.99. The number of carboxylic acids is 1. The summed E-state index contributed by atoms with van der Waals surface area (Å²) >= 11 is 6.09. The second-order valence-electron chi connectivity index (χ2n) is 8.13. The lowest BCUT2D eigenvalue weighted by Gasteiger charge is -2.35. The molecule has 0 bridgehead atoms. The molecule has 1 unspecified atom stereocenters. The Morgan fingerprint density at radius 1 is 1.16 bits per heavy atom. The molecule has 32 heavy (non-hydrogen) atoms. The van der Waals surface area contributed by atoms with Crippen molar-refractivity contribution in [2.75, 3.05) is 36.8 Å². The fraction of sp³-hybridized carbons (Fsp3) is 0.455. The van der Waals surface area contributed by atoms with Gasteiger partial charge in [-0.05, 0) is 37.5 Å². The molecule has 1 atom stereocenters. The summed E-state index contributed by atoms with van der Waals surface area (Å²) in [6.07, 6.45) is 3.16. The first-order valence-corrected chi connectivity index (χ1v) is 11.2. The Morgan fingerprint density at radius 2 is 1.94 bits per heavy atom. The fourth-order valence-electron chi connectivity index (χ4n) is 4.30. The minimum Gasteiger partial charge on any atom is -0.481 e. The third kappa shape index (κ3) is 4.88. The number of rotatable bonds is 3. The molecule has 4 rings (SSSR count). The Balaban J connectivity index is 1.41. The number of nitrogens with zero attached hydrogens (tertiary/aromatic N) is 4. The van der Waals surface area contributed by atoms with E-state index in [1.165, 1.54) is 0 Å². The average molecular weight is 460 g/mol. The van der Waals surface area contributed by atoms with Crippen molar-refractivity contribution in [3.8, 4) is 0 Å². The van der Waals surface area contributed by atoms with Crippen molar-refractivity contribution in [2.24, 2.45) is 11.1 Å². The van der Waals surface area contributed by atoms with Crippen molar-refractivity contribution >= 4 is 51.8 Å². The normalized spacial score (nSPS) is 20.9. The Hall–Kier alpha value is -3.07. The van der Waals surface area contributed by atoms with Crippen LogP contribution in [0.15, 0.2) is 29.4 Å². The third-order valence-electron chi connectivity index (χ3n) is 6.02. The van der Waals surface area contributed by atoms with Crippen LogP contribution in [-0.2, 0) is 9.63 Å². The lowest BCUT2D eigenvalue weighted by Crippen LogP contribution is -2.48. The summed E-state index contributed by atoms with van der Waals surface area (Å²) in [4.78, 5) is 37.3. The molecule has 2 fully saturated rings. The van der Waals surface area contributed by atoms with E-state index in [2.05, 4.69) is 15.0 Å². The van der Waals surface area contributed by atoms with Gasteiger partial charge in [0.15, 0.2) is 0 Å². The summed E-state index contributed by atoms with van der Waals surface area (Å²) in [6.45, 7) is 2.07. The number of oxime groups is 1. The molecule has 2 aromatic rings. The number of anilines is 2. The number of carbonyl (C=O) groups is 2. The van der Waals surface area contributed by atoms with Gasteiger partial charge in [-0.15, -0.1) is 0 Å². The van der Waals surface area contributed by atoms with Crippen molar-refractivity contribution in [1.82, 2.24) is 9.88 Å². The Kier molecular flexibility index (Phi) is 6.64. The number of fused-ring (bicyclic) bond motifs is 1. The highest BCUT2D eigenvalue weighted by atomic mass is 35.5. The number of aromatic nitrogens is 1. The number of pyridine rings is 1. The minimum absolute atomic E-state index is 0.406. The first kappa shape index (κ1) is 22.1. The lowest BCUT2D eigenvalue weighted by molar-refractivity contribution is -0.139. The van der Waals surface area contributed by atoms with E-state index in [9.17, 15) is 14.7 Å². The molecular formula is C22H26ClN5O4. The zero-order chi connectivity index (χ0) is 22.7. The number of nitrogens with two attached hydrogens (primary N) is 1. The number of hydrogen-bond acceptors (Lipinski definition) is 7. The molecule has 170 valence electrons. The SMILES string of the molecule is Nc1cc(N2CCN(C(=O)O/N=C3/CCCCCC3C(=O)O)CC2)c2ccc(Cl)cc2n1. The predicted molar refractivity (Wildman–Crippen MR) is 123 cm³/mol. The fourth-order valence-corrected chi connectivity index (χ4v) is 4.46. The maximum Gasteiger partial charge on any atom is 0.436 e. The molecule has 0 spiro atoms. The first-order chi connectivity index (χ1) is 15.4. The van der Waals surface area contributed by atoms with E-state index >= 15 is 0 Å². The number of halogens is 1. The van der Waals surface area contributed by atoms with Crippen molar-refractivity contribution < 1.29 is 19.5 Å². The van der Waals surface area contributed by atoms with Crippen molar-refractivity contribution in [3.05, 3.63) is 29.3 Å². The van der Waals surface area contributed by atoms with E-state index in [1.54, 1.807) is 11.0 Å². The average Bonchev–Trinajstić information content (AvgIpc) is 3.02. The zero-order valence-corrected chi connectivity index (χ0v) is 18.4. The maximum atomic E-state index is 12.5. The van der Waals surface area contributed by atoms with Crippen LogP contribution in [-0.4, -0.2) is 58.9 Å². The van der Waals surface area contributed by atoms with Gasteiger partial charge in [0.25, 0.3) is 0 Å². The van der Waals surface area contributed by atoms with Crippen LogP contribution in [0.4, 0.5) is 16.3 Å².